The molecule has 21 heavy (non-hydrogen) atoms. The molecule has 0 aliphatic carbocycles. The predicted molar refractivity (Wildman–Crippen MR) is 88.6 cm³/mol. The molecule has 0 heterocycles. The summed E-state index contributed by atoms with van der Waals surface area (Å²) in [5, 5.41) is 0. The van der Waals surface area contributed by atoms with Gasteiger partial charge in [0.15, 0.2) is 0 Å². The van der Waals surface area contributed by atoms with Gasteiger partial charge in [0.05, 0.1) is 0 Å². The molecule has 0 unspecified atom stereocenters. The first-order chi connectivity index (χ1) is 10.3. The van der Waals surface area contributed by atoms with Crippen LogP contribution in [0.25, 0.3) is 6.08 Å². The normalized spacial score (nSPS) is 14.2. The van der Waals surface area contributed by atoms with Crippen LogP contribution >= 0.6 is 0 Å². The van der Waals surface area contributed by atoms with Crippen LogP contribution < -0.4 is 5.48 Å². The zero-order valence-electron chi connectivity index (χ0n) is 12.7. The van der Waals surface area contributed by atoms with Crippen molar-refractivity contribution >= 4 is 6.08 Å². The fourth-order valence-electron chi connectivity index (χ4n) is 2.10. The first-order valence-electron chi connectivity index (χ1n) is 7.49. The van der Waals surface area contributed by atoms with Gasteiger partial charge in [0, 0.05) is 6.04 Å². The lowest BCUT2D eigenvalue weighted by Crippen LogP contribution is -2.26. The molecule has 0 radical (unpaired) electrons. The smallest absolute Gasteiger partial charge is 0.104 e. The molecule has 110 valence electrons. The van der Waals surface area contributed by atoms with Crippen LogP contribution in [0, 0.1) is 0 Å². The van der Waals surface area contributed by atoms with Gasteiger partial charge in [0.25, 0.3) is 0 Å². The van der Waals surface area contributed by atoms with Gasteiger partial charge >= 0.3 is 0 Å². The fraction of sp³-hybridized carbons (Fsp3) is 0.263. The summed E-state index contributed by atoms with van der Waals surface area (Å²) in [4.78, 5) is 5.83. The van der Waals surface area contributed by atoms with Crippen LogP contribution in [0.1, 0.15) is 37.5 Å². The lowest BCUT2D eigenvalue weighted by atomic mass is 10.1. The molecule has 2 nitrogen and oxygen atoms in total. The van der Waals surface area contributed by atoms with Crippen molar-refractivity contribution in [2.45, 2.75) is 32.4 Å². The van der Waals surface area contributed by atoms with Gasteiger partial charge in [-0.25, -0.2) is 0 Å². The standard InChI is InChI=1S/C19H23NO/c1-3-19(18-12-8-5-9-13-18)21-20-16(2)14-15-17-10-6-4-7-11-17/h4-16,19-20H,3H2,1-2H3/b15-14+/t16-,19-/m1/s1. The number of hydrogen-bond acceptors (Lipinski definition) is 2. The molecule has 0 aliphatic rings. The number of nitrogens with one attached hydrogen (secondary N) is 1. The second-order valence-electron chi connectivity index (χ2n) is 5.10. The fourth-order valence-corrected chi connectivity index (χ4v) is 2.10. The monoisotopic (exact) mass is 281 g/mol. The zero-order chi connectivity index (χ0) is 14.9. The van der Waals surface area contributed by atoms with Crippen LogP contribution in [0.5, 0.6) is 0 Å². The maximum absolute atomic E-state index is 5.83. The first-order valence-corrected chi connectivity index (χ1v) is 7.49. The summed E-state index contributed by atoms with van der Waals surface area (Å²) >= 11 is 0. The molecule has 0 aliphatic heterocycles. The maximum atomic E-state index is 5.83. The highest BCUT2D eigenvalue weighted by molar-refractivity contribution is 5.49. The number of benzene rings is 2. The Morgan fingerprint density at radius 1 is 1.00 bits per heavy atom. The van der Waals surface area contributed by atoms with E-state index in [1.807, 2.05) is 36.4 Å². The van der Waals surface area contributed by atoms with E-state index in [2.05, 4.69) is 55.7 Å². The molecular formula is C19H23NO. The summed E-state index contributed by atoms with van der Waals surface area (Å²) in [6.07, 6.45) is 5.22. The second kappa shape index (κ2) is 8.40. The van der Waals surface area contributed by atoms with E-state index in [0.717, 1.165) is 6.42 Å². The average molecular weight is 281 g/mol. The Morgan fingerprint density at radius 3 is 2.24 bits per heavy atom. The lowest BCUT2D eigenvalue weighted by molar-refractivity contribution is -0.0371. The van der Waals surface area contributed by atoms with Crippen LogP contribution in [0.4, 0.5) is 0 Å². The topological polar surface area (TPSA) is 21.3 Å². The third-order valence-corrected chi connectivity index (χ3v) is 3.32. The van der Waals surface area contributed by atoms with Crippen molar-refractivity contribution in [2.24, 2.45) is 0 Å². The van der Waals surface area contributed by atoms with Crippen molar-refractivity contribution in [3.8, 4) is 0 Å². The molecule has 0 fully saturated rings. The second-order valence-corrected chi connectivity index (χ2v) is 5.10. The summed E-state index contributed by atoms with van der Waals surface area (Å²) in [6, 6.07) is 20.7. The van der Waals surface area contributed by atoms with Crippen LogP contribution in [-0.4, -0.2) is 6.04 Å². The highest BCUT2D eigenvalue weighted by Gasteiger charge is 2.10. The van der Waals surface area contributed by atoms with Gasteiger partial charge in [-0.1, -0.05) is 79.7 Å². The molecule has 2 rings (SSSR count). The van der Waals surface area contributed by atoms with E-state index in [0.29, 0.717) is 0 Å². The highest BCUT2D eigenvalue weighted by Crippen LogP contribution is 2.19. The molecule has 0 saturated heterocycles. The Morgan fingerprint density at radius 2 is 1.62 bits per heavy atom. The van der Waals surface area contributed by atoms with E-state index in [1.165, 1.54) is 11.1 Å². The minimum atomic E-state index is 0.0822. The highest BCUT2D eigenvalue weighted by atomic mass is 16.7. The van der Waals surface area contributed by atoms with E-state index >= 15 is 0 Å². The van der Waals surface area contributed by atoms with Crippen molar-refractivity contribution in [1.82, 2.24) is 5.48 Å². The Bertz CT molecular complexity index is 536. The molecule has 0 amide bonds. The van der Waals surface area contributed by atoms with Crippen molar-refractivity contribution < 1.29 is 4.84 Å². The Kier molecular flexibility index (Phi) is 6.20. The SMILES string of the molecule is CC[C@@H](ON[C@H](C)/C=C/c1ccccc1)c1ccccc1. The minimum Gasteiger partial charge on any atom is -0.293 e. The van der Waals surface area contributed by atoms with Gasteiger partial charge in [0.1, 0.15) is 6.10 Å². The Hall–Kier alpha value is -1.90. The lowest BCUT2D eigenvalue weighted by Gasteiger charge is -2.18. The molecule has 2 heteroatoms. The molecule has 1 N–H and O–H groups in total. The van der Waals surface area contributed by atoms with E-state index < -0.39 is 0 Å². The molecule has 2 aromatic carbocycles. The summed E-state index contributed by atoms with van der Waals surface area (Å²) in [7, 11) is 0. The first kappa shape index (κ1) is 15.5. The van der Waals surface area contributed by atoms with Crippen LogP contribution in [-0.2, 0) is 4.84 Å². The van der Waals surface area contributed by atoms with Gasteiger partial charge in [-0.3, -0.25) is 4.84 Å². The molecule has 0 aromatic heterocycles. The number of hydrogen-bond donors (Lipinski definition) is 1. The van der Waals surface area contributed by atoms with Crippen molar-refractivity contribution in [1.29, 1.82) is 0 Å². The molecule has 2 aromatic rings. The molecule has 2 atom stereocenters. The van der Waals surface area contributed by atoms with Crippen molar-refractivity contribution in [3.05, 3.63) is 77.9 Å². The zero-order valence-corrected chi connectivity index (χ0v) is 12.7. The minimum absolute atomic E-state index is 0.0822. The van der Waals surface area contributed by atoms with Crippen LogP contribution in [0.2, 0.25) is 0 Å². The number of hydroxylamine groups is 1. The Labute approximate surface area is 127 Å². The average Bonchev–Trinajstić information content (AvgIpc) is 2.55. The maximum Gasteiger partial charge on any atom is 0.104 e. The summed E-state index contributed by atoms with van der Waals surface area (Å²) in [6.45, 7) is 4.21. The van der Waals surface area contributed by atoms with E-state index in [4.69, 9.17) is 4.84 Å². The largest absolute Gasteiger partial charge is 0.293 e. The third-order valence-electron chi connectivity index (χ3n) is 3.32. The predicted octanol–water partition coefficient (Wildman–Crippen LogP) is 4.76. The van der Waals surface area contributed by atoms with E-state index in [-0.39, 0.29) is 12.1 Å². The Balaban J connectivity index is 1.85. The van der Waals surface area contributed by atoms with E-state index in [1.54, 1.807) is 0 Å². The third kappa shape index (κ3) is 5.18. The van der Waals surface area contributed by atoms with Crippen molar-refractivity contribution in [3.63, 3.8) is 0 Å². The van der Waals surface area contributed by atoms with Gasteiger partial charge in [0.2, 0.25) is 0 Å². The van der Waals surface area contributed by atoms with Gasteiger partial charge in [-0.15, -0.1) is 0 Å². The summed E-state index contributed by atoms with van der Waals surface area (Å²) < 4.78 is 0. The molecular weight excluding hydrogens is 258 g/mol. The van der Waals surface area contributed by atoms with Crippen molar-refractivity contribution in [2.75, 3.05) is 0 Å². The van der Waals surface area contributed by atoms with Crippen LogP contribution in [0.3, 0.4) is 0 Å². The van der Waals surface area contributed by atoms with Crippen LogP contribution in [0.15, 0.2) is 66.7 Å². The van der Waals surface area contributed by atoms with E-state index in [9.17, 15) is 0 Å². The summed E-state index contributed by atoms with van der Waals surface area (Å²) in [5.74, 6) is 0. The summed E-state index contributed by atoms with van der Waals surface area (Å²) in [5.41, 5.74) is 5.51. The number of rotatable bonds is 7. The van der Waals surface area contributed by atoms with Gasteiger partial charge in [-0.05, 0) is 24.5 Å². The van der Waals surface area contributed by atoms with Gasteiger partial charge < -0.3 is 0 Å². The molecule has 0 saturated carbocycles. The van der Waals surface area contributed by atoms with Gasteiger partial charge in [-0.2, -0.15) is 5.48 Å². The molecule has 0 bridgehead atoms. The quantitative estimate of drug-likeness (QED) is 0.739. The molecule has 0 spiro atoms.